The standard InChI is InChI=1S/C18H25Cl2FN2/c19-15-6-7-16(18(21)17(15)20)23-12-10-22(11-13-23)9-8-14-4-2-1-3-5-14/h6-7,14H,1-5,8-13H2. The molecule has 0 bridgehead atoms. The van der Waals surface area contributed by atoms with Gasteiger partial charge in [-0.15, -0.1) is 0 Å². The van der Waals surface area contributed by atoms with E-state index in [1.807, 2.05) is 0 Å². The van der Waals surface area contributed by atoms with Crippen molar-refractivity contribution in [3.63, 3.8) is 0 Å². The van der Waals surface area contributed by atoms with Crippen LogP contribution in [0.25, 0.3) is 0 Å². The van der Waals surface area contributed by atoms with Crippen LogP contribution in [-0.2, 0) is 0 Å². The van der Waals surface area contributed by atoms with Gasteiger partial charge in [0.15, 0.2) is 5.82 Å². The zero-order chi connectivity index (χ0) is 16.2. The maximum Gasteiger partial charge on any atom is 0.166 e. The molecular formula is C18H25Cl2FN2. The Hall–Kier alpha value is -0.510. The number of anilines is 1. The predicted octanol–water partition coefficient (Wildman–Crippen LogP) is 5.22. The highest BCUT2D eigenvalue weighted by atomic mass is 35.5. The van der Waals surface area contributed by atoms with Gasteiger partial charge in [0.05, 0.1) is 15.7 Å². The summed E-state index contributed by atoms with van der Waals surface area (Å²) >= 11 is 11.8. The first-order chi connectivity index (χ1) is 11.1. The van der Waals surface area contributed by atoms with Gasteiger partial charge in [0, 0.05) is 26.2 Å². The summed E-state index contributed by atoms with van der Waals surface area (Å²) in [6.07, 6.45) is 8.39. The quantitative estimate of drug-likeness (QED) is 0.680. The van der Waals surface area contributed by atoms with Gasteiger partial charge in [0.1, 0.15) is 0 Å². The Labute approximate surface area is 148 Å². The molecule has 1 saturated carbocycles. The molecule has 0 N–H and O–H groups in total. The summed E-state index contributed by atoms with van der Waals surface area (Å²) < 4.78 is 14.3. The lowest BCUT2D eigenvalue weighted by molar-refractivity contribution is 0.221. The van der Waals surface area contributed by atoms with Crippen molar-refractivity contribution in [2.75, 3.05) is 37.6 Å². The fourth-order valence-corrected chi connectivity index (χ4v) is 4.12. The minimum absolute atomic E-state index is 0.0314. The van der Waals surface area contributed by atoms with E-state index in [0.29, 0.717) is 5.69 Å². The molecule has 0 unspecified atom stereocenters. The third kappa shape index (κ3) is 4.32. The molecule has 3 rings (SSSR count). The van der Waals surface area contributed by atoms with Crippen LogP contribution in [0.4, 0.5) is 10.1 Å². The van der Waals surface area contributed by atoms with Crippen molar-refractivity contribution in [2.24, 2.45) is 5.92 Å². The van der Waals surface area contributed by atoms with Gasteiger partial charge in [0.25, 0.3) is 0 Å². The molecule has 0 aromatic heterocycles. The summed E-state index contributed by atoms with van der Waals surface area (Å²) in [4.78, 5) is 4.59. The van der Waals surface area contributed by atoms with Crippen molar-refractivity contribution >= 4 is 28.9 Å². The average Bonchev–Trinajstić information content (AvgIpc) is 2.60. The second kappa shape index (κ2) is 8.04. The monoisotopic (exact) mass is 358 g/mol. The highest BCUT2D eigenvalue weighted by Gasteiger charge is 2.22. The highest BCUT2D eigenvalue weighted by molar-refractivity contribution is 6.42. The maximum atomic E-state index is 14.3. The molecule has 2 nitrogen and oxygen atoms in total. The summed E-state index contributed by atoms with van der Waals surface area (Å²) in [6.45, 7) is 4.86. The molecule has 1 heterocycles. The van der Waals surface area contributed by atoms with Gasteiger partial charge in [-0.25, -0.2) is 4.39 Å². The average molecular weight is 359 g/mol. The molecule has 1 aliphatic heterocycles. The Bertz CT molecular complexity index is 524. The number of hydrogen-bond acceptors (Lipinski definition) is 2. The predicted molar refractivity (Wildman–Crippen MR) is 96.3 cm³/mol. The first kappa shape index (κ1) is 17.3. The van der Waals surface area contributed by atoms with Crippen molar-refractivity contribution in [2.45, 2.75) is 38.5 Å². The third-order valence-corrected chi connectivity index (χ3v) is 6.09. The van der Waals surface area contributed by atoms with E-state index in [1.165, 1.54) is 45.1 Å². The van der Waals surface area contributed by atoms with Crippen molar-refractivity contribution in [3.8, 4) is 0 Å². The summed E-state index contributed by atoms with van der Waals surface area (Å²) in [5.41, 5.74) is 0.575. The molecule has 1 aliphatic carbocycles. The number of halogens is 3. The molecule has 5 heteroatoms. The second-order valence-corrected chi connectivity index (χ2v) is 7.60. The van der Waals surface area contributed by atoms with E-state index >= 15 is 0 Å². The van der Waals surface area contributed by atoms with E-state index in [1.54, 1.807) is 12.1 Å². The lowest BCUT2D eigenvalue weighted by atomic mass is 9.87. The van der Waals surface area contributed by atoms with Crippen LogP contribution in [0.2, 0.25) is 10.0 Å². The van der Waals surface area contributed by atoms with Crippen molar-refractivity contribution < 1.29 is 4.39 Å². The van der Waals surface area contributed by atoms with E-state index in [-0.39, 0.29) is 10.0 Å². The molecule has 2 fully saturated rings. The lowest BCUT2D eigenvalue weighted by Gasteiger charge is -2.37. The fraction of sp³-hybridized carbons (Fsp3) is 0.667. The van der Waals surface area contributed by atoms with E-state index in [9.17, 15) is 4.39 Å². The van der Waals surface area contributed by atoms with Gasteiger partial charge >= 0.3 is 0 Å². The summed E-state index contributed by atoms with van der Waals surface area (Å²) in [7, 11) is 0. The number of rotatable bonds is 4. The Morgan fingerprint density at radius 3 is 2.39 bits per heavy atom. The van der Waals surface area contributed by atoms with Crippen LogP contribution in [-0.4, -0.2) is 37.6 Å². The van der Waals surface area contributed by atoms with Crippen molar-refractivity contribution in [1.82, 2.24) is 4.90 Å². The van der Waals surface area contributed by atoms with Crippen LogP contribution < -0.4 is 4.90 Å². The summed E-state index contributed by atoms with van der Waals surface area (Å²) in [5.74, 6) is 0.532. The number of hydrogen-bond donors (Lipinski definition) is 0. The Balaban J connectivity index is 1.49. The van der Waals surface area contributed by atoms with Gasteiger partial charge in [0.2, 0.25) is 0 Å². The van der Waals surface area contributed by atoms with Crippen molar-refractivity contribution in [1.29, 1.82) is 0 Å². The maximum absolute atomic E-state index is 14.3. The Kier molecular flexibility index (Phi) is 6.06. The number of piperazine rings is 1. The topological polar surface area (TPSA) is 6.48 Å². The van der Waals surface area contributed by atoms with E-state index in [4.69, 9.17) is 23.2 Å². The van der Waals surface area contributed by atoms with E-state index in [2.05, 4.69) is 9.80 Å². The van der Waals surface area contributed by atoms with Gasteiger partial charge in [-0.3, -0.25) is 4.90 Å². The van der Waals surface area contributed by atoms with Crippen LogP contribution in [0.15, 0.2) is 12.1 Å². The van der Waals surface area contributed by atoms with Gasteiger partial charge in [-0.1, -0.05) is 55.3 Å². The second-order valence-electron chi connectivity index (χ2n) is 6.82. The molecule has 1 aromatic rings. The fourth-order valence-electron chi connectivity index (χ4n) is 3.81. The summed E-state index contributed by atoms with van der Waals surface area (Å²) in [5, 5.41) is 0.308. The minimum atomic E-state index is -0.394. The lowest BCUT2D eigenvalue weighted by Crippen LogP contribution is -2.47. The largest absolute Gasteiger partial charge is 0.367 e. The molecule has 23 heavy (non-hydrogen) atoms. The highest BCUT2D eigenvalue weighted by Crippen LogP contribution is 2.32. The summed E-state index contributed by atoms with van der Waals surface area (Å²) in [6, 6.07) is 3.42. The van der Waals surface area contributed by atoms with Crippen molar-refractivity contribution in [3.05, 3.63) is 28.0 Å². The zero-order valence-electron chi connectivity index (χ0n) is 13.5. The Morgan fingerprint density at radius 2 is 1.70 bits per heavy atom. The van der Waals surface area contributed by atoms with Gasteiger partial charge < -0.3 is 4.90 Å². The molecule has 128 valence electrons. The van der Waals surface area contributed by atoms with Crippen LogP contribution in [0.3, 0.4) is 0 Å². The van der Waals surface area contributed by atoms with E-state index < -0.39 is 5.82 Å². The van der Waals surface area contributed by atoms with Crippen LogP contribution in [0.1, 0.15) is 38.5 Å². The molecule has 2 aliphatic rings. The normalized spacial score (nSPS) is 20.9. The smallest absolute Gasteiger partial charge is 0.166 e. The van der Waals surface area contributed by atoms with Crippen LogP contribution >= 0.6 is 23.2 Å². The molecular weight excluding hydrogens is 334 g/mol. The molecule has 1 saturated heterocycles. The first-order valence-corrected chi connectivity index (χ1v) is 9.51. The first-order valence-electron chi connectivity index (χ1n) is 8.76. The zero-order valence-corrected chi connectivity index (χ0v) is 15.1. The minimum Gasteiger partial charge on any atom is -0.367 e. The SMILES string of the molecule is Fc1c(N2CCN(CCC3CCCCC3)CC2)ccc(Cl)c1Cl. The molecule has 1 aromatic carbocycles. The molecule has 0 radical (unpaired) electrons. The van der Waals surface area contributed by atoms with E-state index in [0.717, 1.165) is 32.1 Å². The molecule has 0 amide bonds. The molecule has 0 atom stereocenters. The number of benzene rings is 1. The number of nitrogens with zero attached hydrogens (tertiary/aromatic N) is 2. The van der Waals surface area contributed by atoms with Gasteiger partial charge in [-0.2, -0.15) is 0 Å². The third-order valence-electron chi connectivity index (χ3n) is 5.31. The van der Waals surface area contributed by atoms with Crippen LogP contribution in [0.5, 0.6) is 0 Å². The van der Waals surface area contributed by atoms with Gasteiger partial charge in [-0.05, 0) is 31.0 Å². The Morgan fingerprint density at radius 1 is 1.00 bits per heavy atom. The van der Waals surface area contributed by atoms with Crippen LogP contribution in [0, 0.1) is 11.7 Å². The molecule has 0 spiro atoms.